The van der Waals surface area contributed by atoms with Crippen molar-refractivity contribution in [2.45, 2.75) is 25.9 Å². The van der Waals surface area contributed by atoms with E-state index < -0.39 is 29.8 Å². The summed E-state index contributed by atoms with van der Waals surface area (Å²) in [7, 11) is 0. The van der Waals surface area contributed by atoms with Crippen LogP contribution >= 0.6 is 27.3 Å². The summed E-state index contributed by atoms with van der Waals surface area (Å²) in [5.41, 5.74) is 3.32. The molecule has 2 aliphatic rings. The third kappa shape index (κ3) is 6.46. The van der Waals surface area contributed by atoms with E-state index in [0.717, 1.165) is 11.1 Å². The van der Waals surface area contributed by atoms with Crippen molar-refractivity contribution in [2.24, 2.45) is 4.99 Å². The van der Waals surface area contributed by atoms with Gasteiger partial charge in [0.1, 0.15) is 17.9 Å². The number of nitrogens with one attached hydrogen (secondary N) is 1. The second-order valence-electron chi connectivity index (χ2n) is 10.0. The molecule has 2 atom stereocenters. The maximum Gasteiger partial charge on any atom is 0.338 e. The molecule has 42 heavy (non-hydrogen) atoms. The first-order valence-electron chi connectivity index (χ1n) is 13.6. The van der Waals surface area contributed by atoms with Crippen LogP contribution in [0, 0.1) is 12.7 Å². The summed E-state index contributed by atoms with van der Waals surface area (Å²) in [6, 6.07) is 10.4. The molecule has 0 spiro atoms. The number of thiazole rings is 1. The number of halogens is 2. The van der Waals surface area contributed by atoms with Crippen LogP contribution in [0.1, 0.15) is 40.7 Å². The minimum absolute atomic E-state index is 0.185. The molecule has 0 saturated carbocycles. The minimum atomic E-state index is -0.879. The molecule has 1 fully saturated rings. The largest absolute Gasteiger partial charge is 0.480 e. The summed E-state index contributed by atoms with van der Waals surface area (Å²) in [6.45, 7) is 6.48. The van der Waals surface area contributed by atoms with Crippen molar-refractivity contribution in [3.05, 3.63) is 97.3 Å². The molecule has 9 nitrogen and oxygen atoms in total. The smallest absolute Gasteiger partial charge is 0.338 e. The number of hydrogen-bond donors (Lipinski definition) is 2. The number of hydrogen-bond acceptors (Lipinski definition) is 9. The molecule has 2 unspecified atom stereocenters. The van der Waals surface area contributed by atoms with E-state index in [2.05, 4.69) is 31.1 Å². The molecule has 1 aromatic heterocycles. The van der Waals surface area contributed by atoms with Gasteiger partial charge in [-0.2, -0.15) is 0 Å². The van der Waals surface area contributed by atoms with Gasteiger partial charge < -0.3 is 15.2 Å². The molecule has 2 N–H and O–H groups in total. The average Bonchev–Trinajstić information content (AvgIpc) is 3.50. The van der Waals surface area contributed by atoms with Gasteiger partial charge >= 0.3 is 11.9 Å². The highest BCUT2D eigenvalue weighted by Crippen LogP contribution is 2.37. The highest BCUT2D eigenvalue weighted by atomic mass is 79.9. The van der Waals surface area contributed by atoms with Crippen LogP contribution in [0.4, 0.5) is 4.39 Å². The van der Waals surface area contributed by atoms with E-state index in [1.165, 1.54) is 23.5 Å². The van der Waals surface area contributed by atoms with Gasteiger partial charge in [-0.15, -0.1) is 11.3 Å². The lowest BCUT2D eigenvalue weighted by Gasteiger charge is -2.39. The minimum Gasteiger partial charge on any atom is -0.480 e. The Kier molecular flexibility index (Phi) is 9.47. The standard InChI is InChI=1S/C30H31BrFN5O4S/c1-3-41-30(40)24-23(17-36-11-13-37(14-12-36)26(29(38)39)20-7-5-4-6-18(20)2)34-27(28-33-10-15-42-28)35-25(24)21-9-8-19(32)16-22(21)31/h4-10,15-16,25-26H,3,11-14,17H2,1-2H3,(H,34,35)(H,38,39). The Morgan fingerprint density at radius 1 is 1.21 bits per heavy atom. The number of carbonyl (C=O) groups is 2. The Labute approximate surface area is 255 Å². The molecule has 1 saturated heterocycles. The Morgan fingerprint density at radius 2 is 1.98 bits per heavy atom. The van der Waals surface area contributed by atoms with Crippen LogP contribution in [-0.4, -0.2) is 77.0 Å². The molecule has 3 heterocycles. The number of benzene rings is 2. The van der Waals surface area contributed by atoms with Crippen LogP contribution in [0.15, 0.2) is 74.8 Å². The Morgan fingerprint density at radius 3 is 2.62 bits per heavy atom. The first-order valence-corrected chi connectivity index (χ1v) is 15.3. The number of aliphatic imine (C=N–C) groups is 1. The lowest BCUT2D eigenvalue weighted by Crippen LogP contribution is -2.51. The van der Waals surface area contributed by atoms with E-state index in [1.54, 1.807) is 19.2 Å². The van der Waals surface area contributed by atoms with E-state index in [4.69, 9.17) is 9.73 Å². The summed E-state index contributed by atoms with van der Waals surface area (Å²) < 4.78 is 20.0. The predicted molar refractivity (Wildman–Crippen MR) is 162 cm³/mol. The number of piperazine rings is 1. The van der Waals surface area contributed by atoms with Crippen molar-refractivity contribution in [1.29, 1.82) is 0 Å². The summed E-state index contributed by atoms with van der Waals surface area (Å²) in [4.78, 5) is 39.2. The van der Waals surface area contributed by atoms with Gasteiger partial charge in [0.25, 0.3) is 0 Å². The van der Waals surface area contributed by atoms with Gasteiger partial charge in [0, 0.05) is 54.5 Å². The molecule has 0 bridgehead atoms. The van der Waals surface area contributed by atoms with Crippen LogP contribution < -0.4 is 5.32 Å². The SMILES string of the molecule is CCOC(=O)C1=C(CN2CCN(C(C(=O)O)c3ccccc3C)CC2)NC(c2nccs2)=NC1c1ccc(F)cc1Br. The van der Waals surface area contributed by atoms with Gasteiger partial charge in [-0.3, -0.25) is 19.6 Å². The van der Waals surface area contributed by atoms with Crippen molar-refractivity contribution >= 4 is 45.0 Å². The molecule has 12 heteroatoms. The third-order valence-electron chi connectivity index (χ3n) is 7.38. The van der Waals surface area contributed by atoms with Crippen LogP contribution in [0.3, 0.4) is 0 Å². The Balaban J connectivity index is 1.45. The average molecular weight is 657 g/mol. The fourth-order valence-electron chi connectivity index (χ4n) is 5.35. The zero-order valence-electron chi connectivity index (χ0n) is 23.2. The fraction of sp³-hybridized carbons (Fsp3) is 0.333. The molecule has 220 valence electrons. The number of rotatable bonds is 9. The maximum atomic E-state index is 14.0. The Hall–Kier alpha value is -3.45. The van der Waals surface area contributed by atoms with E-state index in [0.29, 0.717) is 64.9 Å². The van der Waals surface area contributed by atoms with E-state index in [-0.39, 0.29) is 6.61 Å². The first-order chi connectivity index (χ1) is 20.3. The lowest BCUT2D eigenvalue weighted by molar-refractivity contribution is -0.144. The van der Waals surface area contributed by atoms with Crippen molar-refractivity contribution in [3.8, 4) is 0 Å². The molecular weight excluding hydrogens is 625 g/mol. The maximum absolute atomic E-state index is 14.0. The molecule has 0 amide bonds. The van der Waals surface area contributed by atoms with Crippen LogP contribution in [0.5, 0.6) is 0 Å². The molecule has 2 aromatic carbocycles. The van der Waals surface area contributed by atoms with Gasteiger partial charge in [0.2, 0.25) is 0 Å². The zero-order chi connectivity index (χ0) is 29.8. The van der Waals surface area contributed by atoms with Gasteiger partial charge in [0.05, 0.1) is 12.2 Å². The zero-order valence-corrected chi connectivity index (χ0v) is 25.6. The Bertz CT molecular complexity index is 1520. The summed E-state index contributed by atoms with van der Waals surface area (Å²) in [6.07, 6.45) is 1.68. The predicted octanol–water partition coefficient (Wildman–Crippen LogP) is 4.70. The van der Waals surface area contributed by atoms with Gasteiger partial charge in [0.15, 0.2) is 10.8 Å². The summed E-state index contributed by atoms with van der Waals surface area (Å²) in [5.74, 6) is -1.28. The number of aliphatic carboxylic acids is 1. The van der Waals surface area contributed by atoms with E-state index in [1.807, 2.05) is 41.5 Å². The molecule has 3 aromatic rings. The van der Waals surface area contributed by atoms with Crippen molar-refractivity contribution in [1.82, 2.24) is 20.1 Å². The highest BCUT2D eigenvalue weighted by molar-refractivity contribution is 9.10. The van der Waals surface area contributed by atoms with Gasteiger partial charge in [-0.05, 0) is 42.7 Å². The molecule has 2 aliphatic heterocycles. The molecular formula is C30H31BrFN5O4S. The van der Waals surface area contributed by atoms with Gasteiger partial charge in [-0.25, -0.2) is 14.2 Å². The number of carbonyl (C=O) groups excluding carboxylic acids is 1. The van der Waals surface area contributed by atoms with E-state index in [9.17, 15) is 19.1 Å². The van der Waals surface area contributed by atoms with Crippen molar-refractivity contribution < 1.29 is 23.8 Å². The number of nitrogens with zero attached hydrogens (tertiary/aromatic N) is 4. The number of esters is 1. The fourth-order valence-corrected chi connectivity index (χ4v) is 6.51. The third-order valence-corrected chi connectivity index (χ3v) is 8.85. The highest BCUT2D eigenvalue weighted by Gasteiger charge is 2.36. The normalized spacial score (nSPS) is 18.8. The lowest BCUT2D eigenvalue weighted by atomic mass is 9.95. The van der Waals surface area contributed by atoms with Crippen molar-refractivity contribution in [2.75, 3.05) is 39.3 Å². The number of amidine groups is 1. The van der Waals surface area contributed by atoms with E-state index >= 15 is 0 Å². The number of aromatic nitrogens is 1. The quantitative estimate of drug-likeness (QED) is 0.320. The molecule has 0 aliphatic carbocycles. The molecule has 5 rings (SSSR count). The van der Waals surface area contributed by atoms with Crippen LogP contribution in [0.25, 0.3) is 0 Å². The first kappa shape index (κ1) is 30.0. The second-order valence-corrected chi connectivity index (χ2v) is 11.8. The monoisotopic (exact) mass is 655 g/mol. The number of carboxylic acids is 1. The van der Waals surface area contributed by atoms with Crippen molar-refractivity contribution in [3.63, 3.8) is 0 Å². The van der Waals surface area contributed by atoms with Gasteiger partial charge in [-0.1, -0.05) is 46.3 Å². The van der Waals surface area contributed by atoms with Crippen LogP contribution in [0.2, 0.25) is 0 Å². The molecule has 0 radical (unpaired) electrons. The summed E-state index contributed by atoms with van der Waals surface area (Å²) >= 11 is 4.88. The number of carboxylic acid groups (broad SMARTS) is 1. The van der Waals surface area contributed by atoms with Crippen LogP contribution in [-0.2, 0) is 14.3 Å². The second kappa shape index (κ2) is 13.2. The topological polar surface area (TPSA) is 107 Å². The number of aryl methyl sites for hydroxylation is 1. The number of ether oxygens (including phenoxy) is 1. The summed E-state index contributed by atoms with van der Waals surface area (Å²) in [5, 5.41) is 16.0.